The molecule has 2 N–H and O–H groups in total. The second-order valence-electron chi connectivity index (χ2n) is 6.51. The quantitative estimate of drug-likeness (QED) is 0.503. The third kappa shape index (κ3) is 8.26. The summed E-state index contributed by atoms with van der Waals surface area (Å²) in [6.45, 7) is 2.85. The molecule has 0 radical (unpaired) electrons. The van der Waals surface area contributed by atoms with Crippen LogP contribution in [-0.2, 0) is 21.4 Å². The Morgan fingerprint density at radius 1 is 1.10 bits per heavy atom. The largest absolute Gasteiger partial charge is 0.493 e. The summed E-state index contributed by atoms with van der Waals surface area (Å²) in [5.74, 6) is 0.658. The van der Waals surface area contributed by atoms with Gasteiger partial charge in [0.1, 0.15) is 0 Å². The highest BCUT2D eigenvalue weighted by Gasteiger charge is 2.10. The Morgan fingerprint density at radius 3 is 2.57 bits per heavy atom. The standard InChI is InChI=1S/C22H28N2O5S/c1-3-14-29-20-11-9-18(16-21(20)28-2)10-12-22(25)23-13-15-30(26,27)24-17-19-7-5-4-6-8-19/h4-12,16,24H,3,13-15,17H2,1-2H3,(H,23,25)/b12-10+. The van der Waals surface area contributed by atoms with E-state index in [9.17, 15) is 13.2 Å². The second kappa shape index (κ2) is 12.0. The van der Waals surface area contributed by atoms with Crippen molar-refractivity contribution in [2.24, 2.45) is 0 Å². The minimum Gasteiger partial charge on any atom is -0.493 e. The van der Waals surface area contributed by atoms with E-state index >= 15 is 0 Å². The van der Waals surface area contributed by atoms with Crippen LogP contribution in [0, 0.1) is 0 Å². The molecule has 0 aliphatic heterocycles. The van der Waals surface area contributed by atoms with Crippen LogP contribution >= 0.6 is 0 Å². The lowest BCUT2D eigenvalue weighted by Crippen LogP contribution is -2.33. The van der Waals surface area contributed by atoms with Crippen LogP contribution in [0.4, 0.5) is 0 Å². The van der Waals surface area contributed by atoms with E-state index < -0.39 is 10.0 Å². The highest BCUT2D eigenvalue weighted by molar-refractivity contribution is 7.89. The van der Waals surface area contributed by atoms with Crippen molar-refractivity contribution in [2.75, 3.05) is 26.0 Å². The molecule has 0 spiro atoms. The molecule has 30 heavy (non-hydrogen) atoms. The highest BCUT2D eigenvalue weighted by Crippen LogP contribution is 2.28. The number of ether oxygens (including phenoxy) is 2. The Bertz CT molecular complexity index is 943. The second-order valence-corrected chi connectivity index (χ2v) is 8.44. The molecule has 0 saturated heterocycles. The molecule has 0 aliphatic rings. The van der Waals surface area contributed by atoms with Gasteiger partial charge in [0.15, 0.2) is 11.5 Å². The molecule has 2 aromatic rings. The normalized spacial score (nSPS) is 11.4. The smallest absolute Gasteiger partial charge is 0.244 e. The molecule has 8 heteroatoms. The molecule has 0 aliphatic carbocycles. The Kier molecular flexibility index (Phi) is 9.37. The molecular formula is C22H28N2O5S. The Hall–Kier alpha value is -2.84. The van der Waals surface area contributed by atoms with Crippen molar-refractivity contribution in [1.82, 2.24) is 10.0 Å². The maximum atomic E-state index is 12.0. The lowest BCUT2D eigenvalue weighted by atomic mass is 10.2. The molecule has 0 saturated carbocycles. The minimum atomic E-state index is -3.48. The van der Waals surface area contributed by atoms with E-state index in [2.05, 4.69) is 10.0 Å². The van der Waals surface area contributed by atoms with Crippen molar-refractivity contribution in [3.63, 3.8) is 0 Å². The zero-order chi connectivity index (χ0) is 21.8. The van der Waals surface area contributed by atoms with E-state index in [1.807, 2.05) is 43.3 Å². The molecule has 0 unspecified atom stereocenters. The number of methoxy groups -OCH3 is 1. The third-order valence-corrected chi connectivity index (χ3v) is 5.41. The van der Waals surface area contributed by atoms with Crippen LogP contribution in [0.25, 0.3) is 6.08 Å². The summed E-state index contributed by atoms with van der Waals surface area (Å²) in [7, 11) is -1.93. The van der Waals surface area contributed by atoms with Gasteiger partial charge in [0.2, 0.25) is 15.9 Å². The fraction of sp³-hybridized carbons (Fsp3) is 0.318. The van der Waals surface area contributed by atoms with Gasteiger partial charge in [-0.1, -0.05) is 43.3 Å². The van der Waals surface area contributed by atoms with Gasteiger partial charge in [-0.2, -0.15) is 0 Å². The number of carbonyl (C=O) groups excluding carboxylic acids is 1. The van der Waals surface area contributed by atoms with E-state index in [-0.39, 0.29) is 24.7 Å². The monoisotopic (exact) mass is 432 g/mol. The Labute approximate surface area is 178 Å². The summed E-state index contributed by atoms with van der Waals surface area (Å²) in [5.41, 5.74) is 1.64. The van der Waals surface area contributed by atoms with Gasteiger partial charge in [0.05, 0.1) is 19.5 Å². The first-order valence-electron chi connectivity index (χ1n) is 9.71. The molecule has 7 nitrogen and oxygen atoms in total. The third-order valence-electron chi connectivity index (χ3n) is 4.09. The molecule has 162 valence electrons. The average molecular weight is 433 g/mol. The molecule has 1 amide bonds. The topological polar surface area (TPSA) is 93.7 Å². The molecule has 2 aromatic carbocycles. The minimum absolute atomic E-state index is 0.0143. The summed E-state index contributed by atoms with van der Waals surface area (Å²) >= 11 is 0. The van der Waals surface area contributed by atoms with Crippen molar-refractivity contribution in [3.8, 4) is 11.5 Å². The summed E-state index contributed by atoms with van der Waals surface area (Å²) < 4.78 is 37.5. The highest BCUT2D eigenvalue weighted by atomic mass is 32.2. The zero-order valence-corrected chi connectivity index (χ0v) is 18.1. The fourth-order valence-corrected chi connectivity index (χ4v) is 3.42. The Balaban J connectivity index is 1.80. The van der Waals surface area contributed by atoms with E-state index in [1.54, 1.807) is 25.3 Å². The van der Waals surface area contributed by atoms with Crippen molar-refractivity contribution >= 4 is 22.0 Å². The Morgan fingerprint density at radius 2 is 1.87 bits per heavy atom. The number of hydrogen-bond acceptors (Lipinski definition) is 5. The summed E-state index contributed by atoms with van der Waals surface area (Å²) in [6, 6.07) is 14.6. The van der Waals surface area contributed by atoms with Crippen molar-refractivity contribution < 1.29 is 22.7 Å². The van der Waals surface area contributed by atoms with Gasteiger partial charge in [-0.05, 0) is 35.8 Å². The van der Waals surface area contributed by atoms with Gasteiger partial charge < -0.3 is 14.8 Å². The number of benzene rings is 2. The van der Waals surface area contributed by atoms with Crippen LogP contribution in [-0.4, -0.2) is 40.3 Å². The maximum absolute atomic E-state index is 12.0. The van der Waals surface area contributed by atoms with Crippen LogP contribution in [0.2, 0.25) is 0 Å². The SMILES string of the molecule is CCCOc1ccc(/C=C/C(=O)NCCS(=O)(=O)NCc2ccccc2)cc1OC. The number of rotatable bonds is 12. The van der Waals surface area contributed by atoms with Crippen molar-refractivity contribution in [2.45, 2.75) is 19.9 Å². The van der Waals surface area contributed by atoms with E-state index in [0.29, 0.717) is 18.1 Å². The van der Waals surface area contributed by atoms with Crippen LogP contribution in [0.15, 0.2) is 54.6 Å². The van der Waals surface area contributed by atoms with E-state index in [4.69, 9.17) is 9.47 Å². The number of carbonyl (C=O) groups is 1. The van der Waals surface area contributed by atoms with Crippen molar-refractivity contribution in [1.29, 1.82) is 0 Å². The first-order valence-corrected chi connectivity index (χ1v) is 11.4. The van der Waals surface area contributed by atoms with Gasteiger partial charge in [0.25, 0.3) is 0 Å². The van der Waals surface area contributed by atoms with Gasteiger partial charge >= 0.3 is 0 Å². The molecule has 0 aromatic heterocycles. The maximum Gasteiger partial charge on any atom is 0.244 e. The van der Waals surface area contributed by atoms with Crippen LogP contribution in [0.3, 0.4) is 0 Å². The average Bonchev–Trinajstić information content (AvgIpc) is 2.75. The van der Waals surface area contributed by atoms with Crippen LogP contribution < -0.4 is 19.5 Å². The van der Waals surface area contributed by atoms with Crippen LogP contribution in [0.5, 0.6) is 11.5 Å². The summed E-state index contributed by atoms with van der Waals surface area (Å²) in [5, 5.41) is 2.57. The fourth-order valence-electron chi connectivity index (χ4n) is 2.52. The van der Waals surface area contributed by atoms with E-state index in [1.165, 1.54) is 6.08 Å². The zero-order valence-electron chi connectivity index (χ0n) is 17.3. The number of amides is 1. The number of nitrogens with one attached hydrogen (secondary N) is 2. The molecule has 0 heterocycles. The predicted molar refractivity (Wildman–Crippen MR) is 118 cm³/mol. The van der Waals surface area contributed by atoms with Gasteiger partial charge in [-0.3, -0.25) is 4.79 Å². The van der Waals surface area contributed by atoms with E-state index in [0.717, 1.165) is 17.5 Å². The lowest BCUT2D eigenvalue weighted by molar-refractivity contribution is -0.116. The lowest BCUT2D eigenvalue weighted by Gasteiger charge is -2.10. The molecule has 0 bridgehead atoms. The van der Waals surface area contributed by atoms with Gasteiger partial charge in [-0.25, -0.2) is 13.1 Å². The molecule has 0 fully saturated rings. The molecule has 0 atom stereocenters. The predicted octanol–water partition coefficient (Wildman–Crippen LogP) is 2.73. The van der Waals surface area contributed by atoms with Crippen LogP contribution in [0.1, 0.15) is 24.5 Å². The van der Waals surface area contributed by atoms with Gasteiger partial charge in [-0.15, -0.1) is 0 Å². The first-order chi connectivity index (χ1) is 14.4. The number of hydrogen-bond donors (Lipinski definition) is 2. The molecular weight excluding hydrogens is 404 g/mol. The molecule has 2 rings (SSSR count). The van der Waals surface area contributed by atoms with Gasteiger partial charge in [0, 0.05) is 19.2 Å². The first kappa shape index (κ1) is 23.4. The van der Waals surface area contributed by atoms with Crippen molar-refractivity contribution in [3.05, 3.63) is 65.7 Å². The summed E-state index contributed by atoms with van der Waals surface area (Å²) in [4.78, 5) is 12.0. The number of sulfonamides is 1. The summed E-state index contributed by atoms with van der Waals surface area (Å²) in [6.07, 6.45) is 3.87.